The molecule has 148 valence electrons. The molecule has 2 N–H and O–H groups in total. The molecule has 0 heterocycles. The minimum atomic E-state index is -0.627. The van der Waals surface area contributed by atoms with Crippen molar-refractivity contribution >= 4 is 29.3 Å². The molecule has 0 aliphatic heterocycles. The number of nitrogens with one attached hydrogen (secondary N) is 2. The Morgan fingerprint density at radius 2 is 1.64 bits per heavy atom. The third-order valence-corrected chi connectivity index (χ3v) is 3.98. The number of ether oxygens (including phenoxy) is 2. The van der Waals surface area contributed by atoms with Gasteiger partial charge in [-0.1, -0.05) is 25.1 Å². The number of para-hydroxylation sites is 1. The third kappa shape index (κ3) is 5.84. The Kier molecular flexibility index (Phi) is 7.56. The molecule has 0 unspecified atom stereocenters. The van der Waals surface area contributed by atoms with Crippen molar-refractivity contribution in [3.05, 3.63) is 59.2 Å². The molecule has 0 saturated heterocycles. The number of carbonyl (C=O) groups excluding carboxylic acids is 3. The van der Waals surface area contributed by atoms with E-state index < -0.39 is 18.0 Å². The van der Waals surface area contributed by atoms with Crippen LogP contribution in [0.5, 0.6) is 0 Å². The van der Waals surface area contributed by atoms with Crippen LogP contribution in [0.3, 0.4) is 0 Å². The summed E-state index contributed by atoms with van der Waals surface area (Å²) in [6, 6.07) is 11.9. The minimum Gasteiger partial charge on any atom is -0.452 e. The molecule has 0 aliphatic rings. The van der Waals surface area contributed by atoms with Crippen LogP contribution in [-0.4, -0.2) is 31.2 Å². The van der Waals surface area contributed by atoms with E-state index in [0.29, 0.717) is 5.69 Å². The van der Waals surface area contributed by atoms with Gasteiger partial charge in [0.15, 0.2) is 6.61 Å². The second kappa shape index (κ2) is 10.1. The molecular weight excluding hydrogens is 360 g/mol. The molecule has 7 nitrogen and oxygen atoms in total. The Hall–Kier alpha value is -3.35. The standard InChI is InChI=1S/C21H24N2O5/c1-4-15-8-6-7-14(3)19(15)23-18(24)13-28-20(25)16-9-11-17(12-10-16)22-21(26)27-5-2/h6-12H,4-5,13H2,1-3H3,(H,22,26)(H,23,24). The molecule has 0 aromatic heterocycles. The fourth-order valence-corrected chi connectivity index (χ4v) is 2.57. The fraction of sp³-hybridized carbons (Fsp3) is 0.286. The fourth-order valence-electron chi connectivity index (χ4n) is 2.57. The summed E-state index contributed by atoms with van der Waals surface area (Å²) in [6.07, 6.45) is 0.209. The molecule has 7 heteroatoms. The van der Waals surface area contributed by atoms with Gasteiger partial charge in [0.25, 0.3) is 5.91 Å². The van der Waals surface area contributed by atoms with Crippen LogP contribution in [0.25, 0.3) is 0 Å². The van der Waals surface area contributed by atoms with Gasteiger partial charge < -0.3 is 14.8 Å². The minimum absolute atomic E-state index is 0.264. The van der Waals surface area contributed by atoms with Crippen molar-refractivity contribution in [1.82, 2.24) is 0 Å². The van der Waals surface area contributed by atoms with E-state index in [2.05, 4.69) is 10.6 Å². The highest BCUT2D eigenvalue weighted by Gasteiger charge is 2.13. The zero-order valence-corrected chi connectivity index (χ0v) is 16.2. The predicted octanol–water partition coefficient (Wildman–Crippen LogP) is 3.92. The molecule has 2 aromatic rings. The molecule has 28 heavy (non-hydrogen) atoms. The van der Waals surface area contributed by atoms with Gasteiger partial charge in [0, 0.05) is 11.4 Å². The highest BCUT2D eigenvalue weighted by Crippen LogP contribution is 2.21. The summed E-state index contributed by atoms with van der Waals surface area (Å²) in [5, 5.41) is 5.33. The van der Waals surface area contributed by atoms with Gasteiger partial charge in [-0.25, -0.2) is 9.59 Å². The van der Waals surface area contributed by atoms with E-state index in [1.807, 2.05) is 32.0 Å². The first-order chi connectivity index (χ1) is 13.4. The highest BCUT2D eigenvalue weighted by molar-refractivity contribution is 5.96. The molecule has 0 fully saturated rings. The van der Waals surface area contributed by atoms with Crippen LogP contribution in [0.15, 0.2) is 42.5 Å². The maximum atomic E-state index is 12.2. The van der Waals surface area contributed by atoms with Crippen LogP contribution in [0.1, 0.15) is 35.3 Å². The lowest BCUT2D eigenvalue weighted by atomic mass is 10.1. The summed E-state index contributed by atoms with van der Waals surface area (Å²) in [5.74, 6) is -1.03. The van der Waals surface area contributed by atoms with Crippen LogP contribution in [0, 0.1) is 6.92 Å². The second-order valence-electron chi connectivity index (χ2n) is 6.01. The summed E-state index contributed by atoms with van der Waals surface area (Å²) < 4.78 is 9.85. The van der Waals surface area contributed by atoms with Gasteiger partial charge in [0.2, 0.25) is 0 Å². The van der Waals surface area contributed by atoms with Gasteiger partial charge in [-0.05, 0) is 55.7 Å². The van der Waals surface area contributed by atoms with Gasteiger partial charge in [0.05, 0.1) is 12.2 Å². The lowest BCUT2D eigenvalue weighted by Crippen LogP contribution is -2.22. The third-order valence-electron chi connectivity index (χ3n) is 3.98. The maximum absolute atomic E-state index is 12.2. The summed E-state index contributed by atoms with van der Waals surface area (Å²) in [5.41, 5.74) is 3.47. The summed E-state index contributed by atoms with van der Waals surface area (Å²) in [4.78, 5) is 35.6. The topological polar surface area (TPSA) is 93.7 Å². The zero-order valence-electron chi connectivity index (χ0n) is 16.2. The van der Waals surface area contributed by atoms with Gasteiger partial charge >= 0.3 is 12.1 Å². The smallest absolute Gasteiger partial charge is 0.411 e. The first kappa shape index (κ1) is 21.0. The zero-order chi connectivity index (χ0) is 20.5. The molecule has 0 aliphatic carbocycles. The molecule has 0 saturated carbocycles. The SMILES string of the molecule is CCOC(=O)Nc1ccc(C(=O)OCC(=O)Nc2c(C)cccc2CC)cc1. The quantitative estimate of drug-likeness (QED) is 0.706. The normalized spacial score (nSPS) is 10.1. The summed E-state index contributed by atoms with van der Waals surface area (Å²) in [7, 11) is 0. The highest BCUT2D eigenvalue weighted by atomic mass is 16.5. The van der Waals surface area contributed by atoms with E-state index in [1.54, 1.807) is 19.1 Å². The molecule has 0 spiro atoms. The second-order valence-corrected chi connectivity index (χ2v) is 6.01. The van der Waals surface area contributed by atoms with E-state index in [1.165, 1.54) is 12.1 Å². The number of amides is 2. The molecule has 0 atom stereocenters. The van der Waals surface area contributed by atoms with E-state index in [4.69, 9.17) is 9.47 Å². The van der Waals surface area contributed by atoms with Crippen LogP contribution in [0.2, 0.25) is 0 Å². The lowest BCUT2D eigenvalue weighted by Gasteiger charge is -2.13. The average molecular weight is 384 g/mol. The van der Waals surface area contributed by atoms with Crippen LogP contribution in [0.4, 0.5) is 16.2 Å². The number of anilines is 2. The van der Waals surface area contributed by atoms with E-state index in [-0.39, 0.29) is 18.8 Å². The Bertz CT molecular complexity index is 846. The van der Waals surface area contributed by atoms with E-state index >= 15 is 0 Å². The van der Waals surface area contributed by atoms with Crippen molar-refractivity contribution in [3.63, 3.8) is 0 Å². The molecular formula is C21H24N2O5. The Morgan fingerprint density at radius 1 is 0.929 bits per heavy atom. The summed E-state index contributed by atoms with van der Waals surface area (Å²) >= 11 is 0. The predicted molar refractivity (Wildman–Crippen MR) is 107 cm³/mol. The molecule has 0 bridgehead atoms. The van der Waals surface area contributed by atoms with Crippen molar-refractivity contribution in [2.45, 2.75) is 27.2 Å². The Morgan fingerprint density at radius 3 is 2.29 bits per heavy atom. The summed E-state index contributed by atoms with van der Waals surface area (Å²) in [6.45, 7) is 5.49. The van der Waals surface area contributed by atoms with Gasteiger partial charge in [-0.2, -0.15) is 0 Å². The number of rotatable bonds is 7. The van der Waals surface area contributed by atoms with Gasteiger partial charge in [0.1, 0.15) is 0 Å². The first-order valence-electron chi connectivity index (χ1n) is 9.03. The molecule has 0 radical (unpaired) electrons. The molecule has 2 rings (SSSR count). The van der Waals surface area contributed by atoms with E-state index in [9.17, 15) is 14.4 Å². The molecule has 2 amide bonds. The van der Waals surface area contributed by atoms with E-state index in [0.717, 1.165) is 23.2 Å². The maximum Gasteiger partial charge on any atom is 0.411 e. The molecule has 2 aromatic carbocycles. The number of benzene rings is 2. The number of hydrogen-bond acceptors (Lipinski definition) is 5. The van der Waals surface area contributed by atoms with Crippen LogP contribution in [-0.2, 0) is 20.7 Å². The Balaban J connectivity index is 1.90. The first-order valence-corrected chi connectivity index (χ1v) is 9.03. The van der Waals surface area contributed by atoms with Crippen molar-refractivity contribution < 1.29 is 23.9 Å². The number of carbonyl (C=O) groups is 3. The van der Waals surface area contributed by atoms with Gasteiger partial charge in [-0.15, -0.1) is 0 Å². The largest absolute Gasteiger partial charge is 0.452 e. The van der Waals surface area contributed by atoms with Crippen molar-refractivity contribution in [2.75, 3.05) is 23.8 Å². The number of esters is 1. The average Bonchev–Trinajstić information content (AvgIpc) is 2.68. The monoisotopic (exact) mass is 384 g/mol. The van der Waals surface area contributed by atoms with Crippen molar-refractivity contribution in [2.24, 2.45) is 0 Å². The van der Waals surface area contributed by atoms with Crippen molar-refractivity contribution in [1.29, 1.82) is 0 Å². The van der Waals surface area contributed by atoms with Gasteiger partial charge in [-0.3, -0.25) is 10.1 Å². The number of aryl methyl sites for hydroxylation is 2. The number of hydrogen-bond donors (Lipinski definition) is 2. The Labute approximate surface area is 164 Å². The van der Waals surface area contributed by atoms with Crippen LogP contribution >= 0.6 is 0 Å². The van der Waals surface area contributed by atoms with Crippen LogP contribution < -0.4 is 10.6 Å². The van der Waals surface area contributed by atoms with Crippen molar-refractivity contribution in [3.8, 4) is 0 Å². The lowest BCUT2D eigenvalue weighted by molar-refractivity contribution is -0.119.